The van der Waals surface area contributed by atoms with Gasteiger partial charge in [0.05, 0.1) is 43.0 Å². The number of nitrogens with one attached hydrogen (secondary N) is 1. The predicted octanol–water partition coefficient (Wildman–Crippen LogP) is 3.31. The van der Waals surface area contributed by atoms with Gasteiger partial charge in [-0.15, -0.1) is 0 Å². The number of benzene rings is 1. The number of anilines is 2. The van der Waals surface area contributed by atoms with E-state index in [-0.39, 0.29) is 19.5 Å². The van der Waals surface area contributed by atoms with Gasteiger partial charge in [-0.05, 0) is 43.2 Å². The molecular formula is C30H41F2N7O2. The Morgan fingerprint density at radius 3 is 2.41 bits per heavy atom. The van der Waals surface area contributed by atoms with Crippen molar-refractivity contribution in [1.29, 1.82) is 5.26 Å². The van der Waals surface area contributed by atoms with Crippen LogP contribution in [0.4, 0.5) is 20.2 Å². The fourth-order valence-corrected chi connectivity index (χ4v) is 5.73. The quantitative estimate of drug-likeness (QED) is 0.502. The minimum atomic E-state index is -0.442. The summed E-state index contributed by atoms with van der Waals surface area (Å²) in [6.45, 7) is 13.0. The second-order valence-electron chi connectivity index (χ2n) is 10.7. The molecule has 0 spiro atoms. The van der Waals surface area contributed by atoms with E-state index in [0.717, 1.165) is 82.9 Å². The first-order valence-electron chi connectivity index (χ1n) is 14.5. The van der Waals surface area contributed by atoms with E-state index >= 15 is 0 Å². The molecule has 0 amide bonds. The fraction of sp³-hybridized carbons (Fsp3) is 0.533. The lowest BCUT2D eigenvalue weighted by atomic mass is 10.1. The van der Waals surface area contributed by atoms with Crippen LogP contribution in [0.25, 0.3) is 5.52 Å². The van der Waals surface area contributed by atoms with Crippen molar-refractivity contribution in [2.45, 2.75) is 32.5 Å². The highest BCUT2D eigenvalue weighted by Gasteiger charge is 2.30. The molecule has 2 atom stereocenters. The molecule has 5 heterocycles. The number of nitriles is 1. The molecule has 3 fully saturated rings. The average Bonchev–Trinajstić information content (AvgIpc) is 3.39. The highest BCUT2D eigenvalue weighted by molar-refractivity contribution is 5.74. The summed E-state index contributed by atoms with van der Waals surface area (Å²) in [6.07, 6.45) is 1.90. The molecular weight excluding hydrogens is 528 g/mol. The smallest absolute Gasteiger partial charge is 0.171 e. The van der Waals surface area contributed by atoms with E-state index in [1.165, 1.54) is 4.52 Å². The van der Waals surface area contributed by atoms with Crippen LogP contribution in [0.15, 0.2) is 36.5 Å². The van der Waals surface area contributed by atoms with Crippen LogP contribution in [-0.2, 0) is 15.9 Å². The largest absolute Gasteiger partial charge is 0.379 e. The Bertz CT molecular complexity index is 1340. The topological polar surface area (TPSA) is 81.3 Å². The van der Waals surface area contributed by atoms with E-state index in [9.17, 15) is 14.0 Å². The standard InChI is InChI=1S/C26H30F2N6O.C4H9NO.H2/c1-3-19-4-6-24(22(27)12-19)32-10-8-31(9-11-32)16-21-17-33(15-18(2)35-21)25-7-5-20(13-29)34-26(25)23(28)14-30-34;1-3-6-4-2-5-1;/h4-7,12,14,18,21H,3,8-11,15-17H2,1-2H3;5H,1-4H2;1H/t18-,21+;;/m1../s1. The van der Waals surface area contributed by atoms with Crippen LogP contribution in [-0.4, -0.2) is 98.8 Å². The van der Waals surface area contributed by atoms with Crippen LogP contribution in [0.3, 0.4) is 0 Å². The molecule has 3 aliphatic rings. The summed E-state index contributed by atoms with van der Waals surface area (Å²) in [5.41, 5.74) is 3.01. The van der Waals surface area contributed by atoms with Crippen molar-refractivity contribution < 1.29 is 19.7 Å². The summed E-state index contributed by atoms with van der Waals surface area (Å²) in [6, 6.07) is 11.1. The van der Waals surface area contributed by atoms with Crippen molar-refractivity contribution in [3.63, 3.8) is 0 Å². The summed E-state index contributed by atoms with van der Waals surface area (Å²) < 4.78 is 41.8. The number of aromatic nitrogens is 2. The Morgan fingerprint density at radius 2 is 1.78 bits per heavy atom. The van der Waals surface area contributed by atoms with Crippen LogP contribution in [0.1, 0.15) is 26.5 Å². The number of hydrogen-bond donors (Lipinski definition) is 1. The van der Waals surface area contributed by atoms with Gasteiger partial charge in [0.25, 0.3) is 0 Å². The molecule has 1 N–H and O–H groups in total. The van der Waals surface area contributed by atoms with E-state index in [4.69, 9.17) is 9.47 Å². The molecule has 9 nitrogen and oxygen atoms in total. The molecule has 3 saturated heterocycles. The van der Waals surface area contributed by atoms with Crippen molar-refractivity contribution in [3.05, 3.63) is 59.4 Å². The van der Waals surface area contributed by atoms with Crippen LogP contribution in [0, 0.1) is 23.0 Å². The van der Waals surface area contributed by atoms with E-state index < -0.39 is 5.82 Å². The summed E-state index contributed by atoms with van der Waals surface area (Å²) in [4.78, 5) is 6.59. The Balaban J connectivity index is 0.000000516. The predicted molar refractivity (Wildman–Crippen MR) is 157 cm³/mol. The number of nitrogens with zero attached hydrogens (tertiary/aromatic N) is 6. The third-order valence-corrected chi connectivity index (χ3v) is 7.82. The van der Waals surface area contributed by atoms with Crippen molar-refractivity contribution >= 4 is 16.9 Å². The maximum Gasteiger partial charge on any atom is 0.171 e. The molecule has 41 heavy (non-hydrogen) atoms. The first-order valence-corrected chi connectivity index (χ1v) is 14.5. The lowest BCUT2D eigenvalue weighted by Gasteiger charge is -2.42. The van der Waals surface area contributed by atoms with Gasteiger partial charge in [-0.1, -0.05) is 13.0 Å². The van der Waals surface area contributed by atoms with Gasteiger partial charge in [-0.2, -0.15) is 10.4 Å². The number of ether oxygens (including phenoxy) is 2. The molecule has 6 rings (SSSR count). The monoisotopic (exact) mass is 569 g/mol. The summed E-state index contributed by atoms with van der Waals surface area (Å²) in [5, 5.41) is 16.6. The first kappa shape index (κ1) is 29.2. The Hall–Kier alpha value is -3.30. The normalized spacial score (nSPS) is 21.8. The number of halogens is 2. The zero-order valence-electron chi connectivity index (χ0n) is 23.9. The van der Waals surface area contributed by atoms with E-state index in [1.54, 1.807) is 18.2 Å². The third kappa shape index (κ3) is 6.96. The van der Waals surface area contributed by atoms with Gasteiger partial charge in [-0.3, -0.25) is 4.90 Å². The van der Waals surface area contributed by atoms with Crippen molar-refractivity contribution in [1.82, 2.24) is 19.8 Å². The van der Waals surface area contributed by atoms with Gasteiger partial charge in [-0.25, -0.2) is 13.3 Å². The number of fused-ring (bicyclic) bond motifs is 1. The molecule has 0 bridgehead atoms. The molecule has 222 valence electrons. The molecule has 0 unspecified atom stereocenters. The molecule has 3 aliphatic heterocycles. The highest BCUT2D eigenvalue weighted by atomic mass is 19.1. The highest BCUT2D eigenvalue weighted by Crippen LogP contribution is 2.29. The van der Waals surface area contributed by atoms with E-state index in [1.807, 2.05) is 26.0 Å². The summed E-state index contributed by atoms with van der Waals surface area (Å²) in [7, 11) is 0. The number of aryl methyl sites for hydroxylation is 1. The van der Waals surface area contributed by atoms with Crippen LogP contribution >= 0.6 is 0 Å². The van der Waals surface area contributed by atoms with Gasteiger partial charge in [0, 0.05) is 60.3 Å². The number of morpholine rings is 2. The molecule has 0 radical (unpaired) electrons. The fourth-order valence-electron chi connectivity index (χ4n) is 5.73. The first-order chi connectivity index (χ1) is 20.0. The van der Waals surface area contributed by atoms with Crippen LogP contribution in [0.2, 0.25) is 0 Å². The van der Waals surface area contributed by atoms with Gasteiger partial charge in [0.2, 0.25) is 0 Å². The molecule has 11 heteroatoms. The zero-order valence-corrected chi connectivity index (χ0v) is 23.9. The van der Waals surface area contributed by atoms with Crippen molar-refractivity contribution in [3.8, 4) is 6.07 Å². The lowest BCUT2D eigenvalue weighted by Crippen LogP contribution is -2.54. The van der Waals surface area contributed by atoms with Crippen molar-refractivity contribution in [2.75, 3.05) is 81.9 Å². The second kappa shape index (κ2) is 13.6. The number of hydrogen-bond acceptors (Lipinski definition) is 8. The van der Waals surface area contributed by atoms with Gasteiger partial charge in [0.1, 0.15) is 23.1 Å². The third-order valence-electron chi connectivity index (χ3n) is 7.82. The number of pyridine rings is 1. The Kier molecular flexibility index (Phi) is 9.67. The van der Waals surface area contributed by atoms with Gasteiger partial charge < -0.3 is 24.6 Å². The molecule has 2 aromatic heterocycles. The Morgan fingerprint density at radius 1 is 1.02 bits per heavy atom. The van der Waals surface area contributed by atoms with Gasteiger partial charge >= 0.3 is 0 Å². The number of rotatable bonds is 5. The lowest BCUT2D eigenvalue weighted by molar-refractivity contribution is -0.0327. The second-order valence-corrected chi connectivity index (χ2v) is 10.7. The molecule has 0 aliphatic carbocycles. The minimum Gasteiger partial charge on any atom is -0.379 e. The maximum absolute atomic E-state index is 14.6. The Labute approximate surface area is 241 Å². The summed E-state index contributed by atoms with van der Waals surface area (Å²) in [5.74, 6) is -0.596. The van der Waals surface area contributed by atoms with Crippen molar-refractivity contribution in [2.24, 2.45) is 0 Å². The SMILES string of the molecule is C1COCCN1.CCc1ccc(N2CCN(C[C@H]3CN(c4ccc(C#N)n5ncc(F)c45)C[C@@H](C)O3)CC2)c(F)c1.[HH]. The molecule has 0 saturated carbocycles. The molecule has 3 aromatic rings. The average molecular weight is 570 g/mol. The maximum atomic E-state index is 14.6. The minimum absolute atomic E-state index is 0. The van der Waals surface area contributed by atoms with Crippen LogP contribution in [0.5, 0.6) is 0 Å². The van der Waals surface area contributed by atoms with E-state index in [2.05, 4.69) is 31.2 Å². The molecule has 1 aromatic carbocycles. The zero-order chi connectivity index (χ0) is 28.8. The van der Waals surface area contributed by atoms with E-state index in [0.29, 0.717) is 30.0 Å². The van der Waals surface area contributed by atoms with Crippen LogP contribution < -0.4 is 15.1 Å². The number of piperazine rings is 1. The van der Waals surface area contributed by atoms with Gasteiger partial charge in [0.15, 0.2) is 5.82 Å². The summed E-state index contributed by atoms with van der Waals surface area (Å²) >= 11 is 0.